The largest absolute Gasteiger partial charge is 0.304 e. The van der Waals surface area contributed by atoms with Crippen LogP contribution >= 0.6 is 0 Å². The van der Waals surface area contributed by atoms with Crippen molar-refractivity contribution in [2.24, 2.45) is 11.8 Å². The van der Waals surface area contributed by atoms with Gasteiger partial charge in [0, 0.05) is 6.04 Å². The summed E-state index contributed by atoms with van der Waals surface area (Å²) < 4.78 is 0. The van der Waals surface area contributed by atoms with Crippen molar-refractivity contribution in [3.8, 4) is 0 Å². The van der Waals surface area contributed by atoms with Crippen molar-refractivity contribution in [2.45, 2.75) is 52.1 Å². The molecule has 0 spiro atoms. The van der Waals surface area contributed by atoms with Gasteiger partial charge >= 0.3 is 0 Å². The molecular formula is C12H22N4. The van der Waals surface area contributed by atoms with Gasteiger partial charge in [0.15, 0.2) is 0 Å². The van der Waals surface area contributed by atoms with Gasteiger partial charge in [-0.2, -0.15) is 5.10 Å². The molecule has 0 bridgehead atoms. The lowest BCUT2D eigenvalue weighted by atomic mass is 9.78. The van der Waals surface area contributed by atoms with E-state index in [0.717, 1.165) is 17.7 Å². The standard InChI is InChI=1S/C12H22N4/c1-8-5-4-6-11(9(8)2)15-10(3)12-13-7-14-16-12/h7-11,15H,4-6H2,1-3H3,(H,13,14,16). The predicted molar refractivity (Wildman–Crippen MR) is 63.9 cm³/mol. The van der Waals surface area contributed by atoms with Gasteiger partial charge in [-0.1, -0.05) is 26.7 Å². The zero-order valence-electron chi connectivity index (χ0n) is 10.4. The quantitative estimate of drug-likeness (QED) is 0.825. The predicted octanol–water partition coefficient (Wildman–Crippen LogP) is 2.28. The molecule has 16 heavy (non-hydrogen) atoms. The van der Waals surface area contributed by atoms with E-state index < -0.39 is 0 Å². The first-order chi connectivity index (χ1) is 7.68. The fraction of sp³-hybridized carbons (Fsp3) is 0.833. The smallest absolute Gasteiger partial charge is 0.141 e. The molecular weight excluding hydrogens is 200 g/mol. The minimum atomic E-state index is 0.264. The first-order valence-corrected chi connectivity index (χ1v) is 6.29. The lowest BCUT2D eigenvalue weighted by molar-refractivity contribution is 0.195. The zero-order valence-corrected chi connectivity index (χ0v) is 10.4. The molecule has 90 valence electrons. The first-order valence-electron chi connectivity index (χ1n) is 6.29. The lowest BCUT2D eigenvalue weighted by Gasteiger charge is -2.36. The van der Waals surface area contributed by atoms with Crippen LogP contribution in [-0.4, -0.2) is 21.2 Å². The Labute approximate surface area is 97.2 Å². The van der Waals surface area contributed by atoms with Crippen molar-refractivity contribution >= 4 is 0 Å². The Kier molecular flexibility index (Phi) is 3.59. The highest BCUT2D eigenvalue weighted by molar-refractivity contribution is 4.92. The van der Waals surface area contributed by atoms with Gasteiger partial charge in [0.05, 0.1) is 6.04 Å². The minimum Gasteiger partial charge on any atom is -0.304 e. The summed E-state index contributed by atoms with van der Waals surface area (Å²) >= 11 is 0. The Morgan fingerprint density at radius 3 is 2.94 bits per heavy atom. The van der Waals surface area contributed by atoms with Crippen LogP contribution in [0.4, 0.5) is 0 Å². The molecule has 0 saturated heterocycles. The molecule has 1 aromatic rings. The van der Waals surface area contributed by atoms with Crippen molar-refractivity contribution in [2.75, 3.05) is 0 Å². The zero-order chi connectivity index (χ0) is 11.5. The molecule has 0 aliphatic heterocycles. The van der Waals surface area contributed by atoms with Crippen molar-refractivity contribution in [3.05, 3.63) is 12.2 Å². The van der Waals surface area contributed by atoms with Crippen molar-refractivity contribution in [1.82, 2.24) is 20.5 Å². The molecule has 2 rings (SSSR count). The second kappa shape index (κ2) is 4.95. The molecule has 1 aliphatic carbocycles. The van der Waals surface area contributed by atoms with E-state index in [9.17, 15) is 0 Å². The number of H-pyrrole nitrogens is 1. The molecule has 4 heteroatoms. The molecule has 0 radical (unpaired) electrons. The van der Waals surface area contributed by atoms with Gasteiger partial charge in [0.2, 0.25) is 0 Å². The maximum atomic E-state index is 4.20. The third-order valence-corrected chi connectivity index (χ3v) is 4.01. The van der Waals surface area contributed by atoms with Gasteiger partial charge in [0.1, 0.15) is 12.2 Å². The molecule has 1 heterocycles. The molecule has 0 amide bonds. The molecule has 1 aliphatic rings. The van der Waals surface area contributed by atoms with Crippen LogP contribution < -0.4 is 5.32 Å². The molecule has 0 aromatic carbocycles. The number of hydrogen-bond donors (Lipinski definition) is 2. The van der Waals surface area contributed by atoms with E-state index in [4.69, 9.17) is 0 Å². The molecule has 4 atom stereocenters. The Balaban J connectivity index is 1.93. The van der Waals surface area contributed by atoms with Crippen LogP contribution in [0, 0.1) is 11.8 Å². The summed E-state index contributed by atoms with van der Waals surface area (Å²) in [5.41, 5.74) is 0. The van der Waals surface area contributed by atoms with E-state index in [1.165, 1.54) is 19.3 Å². The highest BCUT2D eigenvalue weighted by Crippen LogP contribution is 2.30. The van der Waals surface area contributed by atoms with Gasteiger partial charge < -0.3 is 5.32 Å². The van der Waals surface area contributed by atoms with Gasteiger partial charge in [0.25, 0.3) is 0 Å². The average molecular weight is 222 g/mol. The van der Waals surface area contributed by atoms with Crippen LogP contribution in [0.5, 0.6) is 0 Å². The summed E-state index contributed by atoms with van der Waals surface area (Å²) in [4.78, 5) is 4.20. The second-order valence-corrected chi connectivity index (χ2v) is 5.13. The summed E-state index contributed by atoms with van der Waals surface area (Å²) in [6.45, 7) is 6.86. The fourth-order valence-corrected chi connectivity index (χ4v) is 2.64. The first kappa shape index (κ1) is 11.6. The normalized spacial score (nSPS) is 32.6. The average Bonchev–Trinajstić information content (AvgIpc) is 2.78. The van der Waals surface area contributed by atoms with Gasteiger partial charge in [-0.25, -0.2) is 4.98 Å². The van der Waals surface area contributed by atoms with E-state index in [0.29, 0.717) is 6.04 Å². The summed E-state index contributed by atoms with van der Waals surface area (Å²) in [6, 6.07) is 0.879. The highest BCUT2D eigenvalue weighted by atomic mass is 15.2. The molecule has 4 nitrogen and oxygen atoms in total. The topological polar surface area (TPSA) is 53.6 Å². The maximum Gasteiger partial charge on any atom is 0.141 e. The van der Waals surface area contributed by atoms with E-state index in [2.05, 4.69) is 41.3 Å². The van der Waals surface area contributed by atoms with E-state index >= 15 is 0 Å². The number of aromatic amines is 1. The Morgan fingerprint density at radius 2 is 2.25 bits per heavy atom. The van der Waals surface area contributed by atoms with Crippen LogP contribution in [-0.2, 0) is 0 Å². The summed E-state index contributed by atoms with van der Waals surface area (Å²) in [6.07, 6.45) is 5.56. The molecule has 1 aromatic heterocycles. The Hall–Kier alpha value is -0.900. The Bertz CT molecular complexity index is 309. The second-order valence-electron chi connectivity index (χ2n) is 5.13. The number of aromatic nitrogens is 3. The van der Waals surface area contributed by atoms with Gasteiger partial charge in [-0.05, 0) is 25.2 Å². The lowest BCUT2D eigenvalue weighted by Crippen LogP contribution is -2.42. The molecule has 1 saturated carbocycles. The van der Waals surface area contributed by atoms with Crippen LogP contribution in [0.3, 0.4) is 0 Å². The van der Waals surface area contributed by atoms with Crippen molar-refractivity contribution in [1.29, 1.82) is 0 Å². The molecule has 1 fully saturated rings. The third-order valence-electron chi connectivity index (χ3n) is 4.01. The van der Waals surface area contributed by atoms with Crippen LogP contribution in [0.25, 0.3) is 0 Å². The van der Waals surface area contributed by atoms with E-state index in [-0.39, 0.29) is 6.04 Å². The maximum absolute atomic E-state index is 4.20. The van der Waals surface area contributed by atoms with Crippen LogP contribution in [0.1, 0.15) is 51.9 Å². The number of nitrogens with zero attached hydrogens (tertiary/aromatic N) is 2. The summed E-state index contributed by atoms with van der Waals surface area (Å²) in [7, 11) is 0. The van der Waals surface area contributed by atoms with Crippen LogP contribution in [0.2, 0.25) is 0 Å². The summed E-state index contributed by atoms with van der Waals surface area (Å²) in [5, 5.41) is 10.5. The SMILES string of the molecule is CC(NC1CCCC(C)C1C)c1ncn[nH]1. The molecule has 4 unspecified atom stereocenters. The monoisotopic (exact) mass is 222 g/mol. The van der Waals surface area contributed by atoms with E-state index in [1.807, 2.05) is 0 Å². The third kappa shape index (κ3) is 2.43. The van der Waals surface area contributed by atoms with Crippen molar-refractivity contribution < 1.29 is 0 Å². The number of rotatable bonds is 3. The van der Waals surface area contributed by atoms with Gasteiger partial charge in [-0.15, -0.1) is 0 Å². The Morgan fingerprint density at radius 1 is 1.44 bits per heavy atom. The van der Waals surface area contributed by atoms with Gasteiger partial charge in [-0.3, -0.25) is 5.10 Å². The number of hydrogen-bond acceptors (Lipinski definition) is 3. The minimum absolute atomic E-state index is 0.264. The van der Waals surface area contributed by atoms with Crippen LogP contribution in [0.15, 0.2) is 6.33 Å². The molecule has 2 N–H and O–H groups in total. The summed E-state index contributed by atoms with van der Waals surface area (Å²) in [5.74, 6) is 2.51. The fourth-order valence-electron chi connectivity index (χ4n) is 2.64. The number of nitrogens with one attached hydrogen (secondary N) is 2. The van der Waals surface area contributed by atoms with E-state index in [1.54, 1.807) is 6.33 Å². The highest BCUT2D eigenvalue weighted by Gasteiger charge is 2.28. The van der Waals surface area contributed by atoms with Crippen molar-refractivity contribution in [3.63, 3.8) is 0 Å².